The number of nitrogens with two attached hydrogens (primary N) is 1. The predicted octanol–water partition coefficient (Wildman–Crippen LogP) is 0.818. The minimum atomic E-state index is -0.0371. The van der Waals surface area contributed by atoms with Crippen LogP contribution in [-0.2, 0) is 0 Å². The molecule has 0 aromatic carbocycles. The molecule has 1 unspecified atom stereocenters. The van der Waals surface area contributed by atoms with Crippen molar-refractivity contribution < 1.29 is 5.11 Å². The highest BCUT2D eigenvalue weighted by molar-refractivity contribution is 4.79. The highest BCUT2D eigenvalue weighted by Gasteiger charge is 2.24. The van der Waals surface area contributed by atoms with Gasteiger partial charge in [0.15, 0.2) is 0 Å². The molecule has 84 valence electrons. The molecule has 14 heavy (non-hydrogen) atoms. The van der Waals surface area contributed by atoms with E-state index in [1.165, 1.54) is 25.9 Å². The SMILES string of the molecule is CC1(C)CCN(CCC(N)CO)CC1. The first kappa shape index (κ1) is 12.0. The molecule has 1 atom stereocenters. The third kappa shape index (κ3) is 3.95. The van der Waals surface area contributed by atoms with E-state index in [1.54, 1.807) is 0 Å². The van der Waals surface area contributed by atoms with Gasteiger partial charge in [-0.25, -0.2) is 0 Å². The Balaban J connectivity index is 2.16. The van der Waals surface area contributed by atoms with Gasteiger partial charge in [-0.2, -0.15) is 0 Å². The number of aliphatic hydroxyl groups is 1. The van der Waals surface area contributed by atoms with Crippen molar-refractivity contribution in [2.24, 2.45) is 11.1 Å². The molecule has 1 aliphatic rings. The van der Waals surface area contributed by atoms with Crippen molar-refractivity contribution in [2.75, 3.05) is 26.2 Å². The largest absolute Gasteiger partial charge is 0.395 e. The Morgan fingerprint density at radius 2 is 1.93 bits per heavy atom. The molecular weight excluding hydrogens is 176 g/mol. The average molecular weight is 200 g/mol. The van der Waals surface area contributed by atoms with Crippen molar-refractivity contribution in [1.82, 2.24) is 4.90 Å². The van der Waals surface area contributed by atoms with Gasteiger partial charge < -0.3 is 15.7 Å². The molecule has 1 rings (SSSR count). The van der Waals surface area contributed by atoms with Crippen molar-refractivity contribution in [3.63, 3.8) is 0 Å². The van der Waals surface area contributed by atoms with Crippen LogP contribution in [0.4, 0.5) is 0 Å². The van der Waals surface area contributed by atoms with Crippen LogP contribution in [-0.4, -0.2) is 42.3 Å². The molecule has 1 fully saturated rings. The van der Waals surface area contributed by atoms with Crippen molar-refractivity contribution in [1.29, 1.82) is 0 Å². The zero-order chi connectivity index (χ0) is 10.6. The molecule has 0 amide bonds. The maximum absolute atomic E-state index is 8.80. The molecule has 0 saturated carbocycles. The molecule has 0 aromatic rings. The summed E-state index contributed by atoms with van der Waals surface area (Å²) in [6.45, 7) is 8.20. The first-order chi connectivity index (χ1) is 6.53. The minimum Gasteiger partial charge on any atom is -0.395 e. The van der Waals surface area contributed by atoms with Crippen LogP contribution in [0.3, 0.4) is 0 Å². The fourth-order valence-corrected chi connectivity index (χ4v) is 1.82. The van der Waals surface area contributed by atoms with Gasteiger partial charge >= 0.3 is 0 Å². The van der Waals surface area contributed by atoms with Crippen LogP contribution in [0.25, 0.3) is 0 Å². The molecular formula is C11H24N2O. The third-order valence-corrected chi connectivity index (χ3v) is 3.26. The predicted molar refractivity (Wildman–Crippen MR) is 59.1 cm³/mol. The Morgan fingerprint density at radius 3 is 2.43 bits per heavy atom. The number of nitrogens with zero attached hydrogens (tertiary/aromatic N) is 1. The van der Waals surface area contributed by atoms with E-state index in [-0.39, 0.29) is 12.6 Å². The maximum Gasteiger partial charge on any atom is 0.0583 e. The molecule has 0 aliphatic carbocycles. The Bertz CT molecular complexity index is 161. The number of hydrogen-bond donors (Lipinski definition) is 2. The van der Waals surface area contributed by atoms with Crippen LogP contribution < -0.4 is 5.73 Å². The van der Waals surface area contributed by atoms with Gasteiger partial charge in [0.05, 0.1) is 6.61 Å². The van der Waals surface area contributed by atoms with Crippen molar-refractivity contribution >= 4 is 0 Å². The van der Waals surface area contributed by atoms with E-state index in [0.717, 1.165) is 13.0 Å². The van der Waals surface area contributed by atoms with Crippen LogP contribution in [0.1, 0.15) is 33.1 Å². The molecule has 0 radical (unpaired) electrons. The minimum absolute atomic E-state index is 0.0371. The number of hydrogen-bond acceptors (Lipinski definition) is 3. The molecule has 1 saturated heterocycles. The first-order valence-electron chi connectivity index (χ1n) is 5.62. The summed E-state index contributed by atoms with van der Waals surface area (Å²) in [6, 6.07) is -0.0371. The Labute approximate surface area is 87.3 Å². The van der Waals surface area contributed by atoms with Gasteiger partial charge in [0.25, 0.3) is 0 Å². The first-order valence-corrected chi connectivity index (χ1v) is 5.62. The van der Waals surface area contributed by atoms with Gasteiger partial charge in [0.1, 0.15) is 0 Å². The van der Waals surface area contributed by atoms with E-state index in [4.69, 9.17) is 10.8 Å². The van der Waals surface area contributed by atoms with Gasteiger partial charge in [-0.3, -0.25) is 0 Å². The molecule has 0 aromatic heterocycles. The second-order valence-electron chi connectivity index (χ2n) is 5.24. The molecule has 3 N–H and O–H groups in total. The highest BCUT2D eigenvalue weighted by atomic mass is 16.3. The smallest absolute Gasteiger partial charge is 0.0583 e. The lowest BCUT2D eigenvalue weighted by Gasteiger charge is -2.37. The van der Waals surface area contributed by atoms with Crippen molar-refractivity contribution in [2.45, 2.75) is 39.2 Å². The average Bonchev–Trinajstić information content (AvgIpc) is 2.16. The van der Waals surface area contributed by atoms with E-state index >= 15 is 0 Å². The standard InChI is InChI=1S/C11H24N2O/c1-11(2)4-7-13(8-5-11)6-3-10(12)9-14/h10,14H,3-9,12H2,1-2H3. The number of piperidine rings is 1. The van der Waals surface area contributed by atoms with Crippen molar-refractivity contribution in [3.05, 3.63) is 0 Å². The van der Waals surface area contributed by atoms with Gasteiger partial charge in [0.2, 0.25) is 0 Å². The lowest BCUT2D eigenvalue weighted by molar-refractivity contribution is 0.126. The third-order valence-electron chi connectivity index (χ3n) is 3.26. The van der Waals surface area contributed by atoms with E-state index in [0.29, 0.717) is 5.41 Å². The molecule has 1 heterocycles. The summed E-state index contributed by atoms with van der Waals surface area (Å²) in [7, 11) is 0. The monoisotopic (exact) mass is 200 g/mol. The van der Waals surface area contributed by atoms with E-state index in [9.17, 15) is 0 Å². The van der Waals surface area contributed by atoms with E-state index < -0.39 is 0 Å². The Hall–Kier alpha value is -0.120. The summed E-state index contributed by atoms with van der Waals surface area (Å²) in [5, 5.41) is 8.80. The van der Waals surface area contributed by atoms with Gasteiger partial charge in [-0.05, 0) is 44.3 Å². The summed E-state index contributed by atoms with van der Waals surface area (Å²) in [4.78, 5) is 2.46. The summed E-state index contributed by atoms with van der Waals surface area (Å²) >= 11 is 0. The lowest BCUT2D eigenvalue weighted by atomic mass is 9.82. The topological polar surface area (TPSA) is 49.5 Å². The second-order valence-corrected chi connectivity index (χ2v) is 5.24. The Kier molecular flexibility index (Phi) is 4.35. The van der Waals surface area contributed by atoms with Crippen LogP contribution in [0.2, 0.25) is 0 Å². The van der Waals surface area contributed by atoms with Gasteiger partial charge in [0, 0.05) is 6.04 Å². The fourth-order valence-electron chi connectivity index (χ4n) is 1.82. The van der Waals surface area contributed by atoms with Crippen LogP contribution in [0.5, 0.6) is 0 Å². The fraction of sp³-hybridized carbons (Fsp3) is 1.00. The molecule has 1 aliphatic heterocycles. The normalized spacial score (nSPS) is 24.9. The molecule has 3 heteroatoms. The van der Waals surface area contributed by atoms with Crippen LogP contribution in [0, 0.1) is 5.41 Å². The molecule has 3 nitrogen and oxygen atoms in total. The zero-order valence-corrected chi connectivity index (χ0v) is 9.50. The second kappa shape index (κ2) is 5.10. The molecule has 0 spiro atoms. The van der Waals surface area contributed by atoms with E-state index in [2.05, 4.69) is 18.7 Å². The number of aliphatic hydroxyl groups excluding tert-OH is 1. The number of rotatable bonds is 4. The summed E-state index contributed by atoms with van der Waals surface area (Å²) in [5.41, 5.74) is 6.19. The summed E-state index contributed by atoms with van der Waals surface area (Å²) in [5.74, 6) is 0. The Morgan fingerprint density at radius 1 is 1.36 bits per heavy atom. The summed E-state index contributed by atoms with van der Waals surface area (Å²) in [6.07, 6.45) is 3.47. The lowest BCUT2D eigenvalue weighted by Crippen LogP contribution is -2.40. The maximum atomic E-state index is 8.80. The van der Waals surface area contributed by atoms with Crippen LogP contribution >= 0.6 is 0 Å². The van der Waals surface area contributed by atoms with Crippen LogP contribution in [0.15, 0.2) is 0 Å². The zero-order valence-electron chi connectivity index (χ0n) is 9.50. The quantitative estimate of drug-likeness (QED) is 0.706. The summed E-state index contributed by atoms with van der Waals surface area (Å²) < 4.78 is 0. The molecule has 0 bridgehead atoms. The number of likely N-dealkylation sites (tertiary alicyclic amines) is 1. The highest BCUT2D eigenvalue weighted by Crippen LogP contribution is 2.29. The van der Waals surface area contributed by atoms with E-state index in [1.807, 2.05) is 0 Å². The van der Waals surface area contributed by atoms with Gasteiger partial charge in [-0.1, -0.05) is 13.8 Å². The van der Waals surface area contributed by atoms with Crippen molar-refractivity contribution in [3.8, 4) is 0 Å². The van der Waals surface area contributed by atoms with Gasteiger partial charge in [-0.15, -0.1) is 0 Å².